The van der Waals surface area contributed by atoms with Crippen molar-refractivity contribution in [1.29, 1.82) is 5.53 Å². The van der Waals surface area contributed by atoms with Crippen LogP contribution in [0.25, 0.3) is 0 Å². The summed E-state index contributed by atoms with van der Waals surface area (Å²) < 4.78 is 4.34. The molecule has 0 aliphatic heterocycles. The van der Waals surface area contributed by atoms with Crippen LogP contribution < -0.4 is 0 Å². The molecule has 0 aliphatic carbocycles. The minimum atomic E-state index is 0.181. The first-order valence-electron chi connectivity index (χ1n) is 1.24. The normalized spacial score (nSPS) is 7.40. The van der Waals surface area contributed by atoms with Crippen molar-refractivity contribution in [2.45, 2.75) is 0 Å². The van der Waals surface area contributed by atoms with Crippen molar-refractivity contribution in [1.82, 2.24) is 0 Å². The molecule has 0 aromatic heterocycles. The SMILES string of the molecule is COCN=N. The summed E-state index contributed by atoms with van der Waals surface area (Å²) in [6.07, 6.45) is 0. The van der Waals surface area contributed by atoms with Gasteiger partial charge in [0.2, 0.25) is 0 Å². The number of nitrogens with one attached hydrogen (secondary N) is 1. The van der Waals surface area contributed by atoms with E-state index in [1.165, 1.54) is 7.11 Å². The maximum Gasteiger partial charge on any atom is 0.157 e. The fourth-order valence-electron chi connectivity index (χ4n) is 0.0645. The predicted molar refractivity (Wildman–Crippen MR) is 17.0 cm³/mol. The molecule has 0 saturated carbocycles. The van der Waals surface area contributed by atoms with E-state index in [9.17, 15) is 0 Å². The Hall–Kier alpha value is -0.440. The van der Waals surface area contributed by atoms with Gasteiger partial charge in [0.1, 0.15) is 0 Å². The highest BCUT2D eigenvalue weighted by Crippen LogP contribution is 1.61. The number of ether oxygens (including phenoxy) is 1. The third kappa shape index (κ3) is 3.56. The number of hydrogen-bond donors (Lipinski definition) is 1. The van der Waals surface area contributed by atoms with Gasteiger partial charge >= 0.3 is 0 Å². The van der Waals surface area contributed by atoms with Crippen molar-refractivity contribution in [3.63, 3.8) is 0 Å². The summed E-state index contributed by atoms with van der Waals surface area (Å²) in [5.41, 5.74) is 6.10. The van der Waals surface area contributed by atoms with Crippen molar-refractivity contribution in [3.8, 4) is 0 Å². The van der Waals surface area contributed by atoms with Crippen LogP contribution in [0.5, 0.6) is 0 Å². The summed E-state index contributed by atoms with van der Waals surface area (Å²) in [7, 11) is 1.50. The molecule has 5 heavy (non-hydrogen) atoms. The minimum Gasteiger partial charge on any atom is -0.361 e. The Labute approximate surface area is 30.5 Å². The van der Waals surface area contributed by atoms with E-state index >= 15 is 0 Å². The minimum absolute atomic E-state index is 0.181. The first kappa shape index (κ1) is 4.56. The number of methoxy groups -OCH3 is 1. The van der Waals surface area contributed by atoms with Crippen LogP contribution in [0, 0.1) is 5.53 Å². The Morgan fingerprint density at radius 2 is 2.60 bits per heavy atom. The van der Waals surface area contributed by atoms with Crippen molar-refractivity contribution >= 4 is 0 Å². The highest BCUT2D eigenvalue weighted by molar-refractivity contribution is 3.99. The second-order valence-electron chi connectivity index (χ2n) is 0.576. The molecule has 0 heterocycles. The first-order chi connectivity index (χ1) is 2.41. The van der Waals surface area contributed by atoms with Gasteiger partial charge in [0.15, 0.2) is 6.73 Å². The topological polar surface area (TPSA) is 45.4 Å². The van der Waals surface area contributed by atoms with Gasteiger partial charge in [-0.3, -0.25) is 0 Å². The molecule has 3 heteroatoms. The Morgan fingerprint density at radius 1 is 2.00 bits per heavy atom. The van der Waals surface area contributed by atoms with Crippen molar-refractivity contribution in [2.24, 2.45) is 5.11 Å². The van der Waals surface area contributed by atoms with Crippen molar-refractivity contribution < 1.29 is 4.74 Å². The van der Waals surface area contributed by atoms with E-state index < -0.39 is 0 Å². The highest BCUT2D eigenvalue weighted by atomic mass is 16.5. The van der Waals surface area contributed by atoms with E-state index in [4.69, 9.17) is 5.53 Å². The lowest BCUT2D eigenvalue weighted by atomic mass is 11.3. The lowest BCUT2D eigenvalue weighted by Crippen LogP contribution is -1.76. The molecule has 0 atom stereocenters. The van der Waals surface area contributed by atoms with Crippen LogP contribution in [0.2, 0.25) is 0 Å². The standard InChI is InChI=1S/C2H6N2O/c1-5-2-4-3/h3H,2H2,1H3. The molecule has 0 amide bonds. The second-order valence-corrected chi connectivity index (χ2v) is 0.576. The zero-order valence-electron chi connectivity index (χ0n) is 3.06. The van der Waals surface area contributed by atoms with Crippen molar-refractivity contribution in [2.75, 3.05) is 13.8 Å². The zero-order valence-corrected chi connectivity index (χ0v) is 3.06. The first-order valence-corrected chi connectivity index (χ1v) is 1.24. The maximum atomic E-state index is 6.10. The number of rotatable bonds is 2. The molecule has 0 aromatic rings. The Balaban J connectivity index is 2.40. The molecule has 0 aromatic carbocycles. The molecule has 0 unspecified atom stereocenters. The van der Waals surface area contributed by atoms with Gasteiger partial charge in [-0.05, 0) is 0 Å². The summed E-state index contributed by atoms with van der Waals surface area (Å²) in [5.74, 6) is 0. The maximum absolute atomic E-state index is 6.10. The Morgan fingerprint density at radius 3 is 2.60 bits per heavy atom. The second kappa shape index (κ2) is 3.56. The fourth-order valence-corrected chi connectivity index (χ4v) is 0.0645. The molecule has 0 saturated heterocycles. The monoisotopic (exact) mass is 74.0 g/mol. The highest BCUT2D eigenvalue weighted by Gasteiger charge is 1.60. The molecule has 0 radical (unpaired) electrons. The lowest BCUT2D eigenvalue weighted by Gasteiger charge is -1.78. The molecule has 0 rings (SSSR count). The van der Waals surface area contributed by atoms with Gasteiger partial charge in [0.05, 0.1) is 0 Å². The van der Waals surface area contributed by atoms with E-state index in [0.717, 1.165) is 0 Å². The molecule has 0 bridgehead atoms. The summed E-state index contributed by atoms with van der Waals surface area (Å²) in [6.45, 7) is 0.181. The molecular weight excluding hydrogens is 68.0 g/mol. The summed E-state index contributed by atoms with van der Waals surface area (Å²) >= 11 is 0. The van der Waals surface area contributed by atoms with Crippen molar-refractivity contribution in [3.05, 3.63) is 0 Å². The average molecular weight is 74.1 g/mol. The van der Waals surface area contributed by atoms with Gasteiger partial charge < -0.3 is 4.74 Å². The van der Waals surface area contributed by atoms with Crippen LogP contribution in [-0.4, -0.2) is 13.8 Å². The quantitative estimate of drug-likeness (QED) is 0.479. The van der Waals surface area contributed by atoms with Gasteiger partial charge in [-0.25, -0.2) is 5.53 Å². The van der Waals surface area contributed by atoms with E-state index in [1.807, 2.05) is 0 Å². The van der Waals surface area contributed by atoms with E-state index in [1.54, 1.807) is 0 Å². The van der Waals surface area contributed by atoms with Gasteiger partial charge in [-0.1, -0.05) is 0 Å². The van der Waals surface area contributed by atoms with E-state index in [2.05, 4.69) is 9.85 Å². The fraction of sp³-hybridized carbons (Fsp3) is 1.00. The van der Waals surface area contributed by atoms with E-state index in [0.29, 0.717) is 0 Å². The largest absolute Gasteiger partial charge is 0.361 e. The molecule has 0 spiro atoms. The number of hydrogen-bond acceptors (Lipinski definition) is 3. The summed E-state index contributed by atoms with van der Waals surface area (Å²) in [6, 6.07) is 0. The zero-order chi connectivity index (χ0) is 4.12. The Bertz CT molecular complexity index is 28.8. The predicted octanol–water partition coefficient (Wildman–Crippen LogP) is 0.621. The van der Waals surface area contributed by atoms with Crippen LogP contribution in [-0.2, 0) is 4.74 Å². The summed E-state index contributed by atoms with van der Waals surface area (Å²) in [5, 5.41) is 2.88. The van der Waals surface area contributed by atoms with Gasteiger partial charge in [0.25, 0.3) is 0 Å². The van der Waals surface area contributed by atoms with Crippen LogP contribution in [0.4, 0.5) is 0 Å². The van der Waals surface area contributed by atoms with Crippen LogP contribution in [0.15, 0.2) is 5.11 Å². The molecule has 0 fully saturated rings. The molecule has 0 aliphatic rings. The third-order valence-electron chi connectivity index (χ3n) is 0.194. The molecule has 30 valence electrons. The van der Waals surface area contributed by atoms with Gasteiger partial charge in [-0.15, -0.1) is 0 Å². The van der Waals surface area contributed by atoms with Gasteiger partial charge in [-0.2, -0.15) is 5.11 Å². The average Bonchev–Trinajstić information content (AvgIpc) is 1.41. The summed E-state index contributed by atoms with van der Waals surface area (Å²) in [4.78, 5) is 0. The van der Waals surface area contributed by atoms with E-state index in [-0.39, 0.29) is 6.73 Å². The van der Waals surface area contributed by atoms with Crippen LogP contribution >= 0.6 is 0 Å². The molecular formula is C2H6N2O. The van der Waals surface area contributed by atoms with Crippen LogP contribution in [0.1, 0.15) is 0 Å². The van der Waals surface area contributed by atoms with Crippen LogP contribution in [0.3, 0.4) is 0 Å². The smallest absolute Gasteiger partial charge is 0.157 e. The third-order valence-corrected chi connectivity index (χ3v) is 0.194. The van der Waals surface area contributed by atoms with Gasteiger partial charge in [0, 0.05) is 7.11 Å². The molecule has 1 N–H and O–H groups in total. The Kier molecular flexibility index (Phi) is 3.25. The molecule has 3 nitrogen and oxygen atoms in total. The number of nitrogens with zero attached hydrogens (tertiary/aromatic N) is 1. The lowest BCUT2D eigenvalue weighted by molar-refractivity contribution is 0.201.